The van der Waals surface area contributed by atoms with Crippen LogP contribution in [0.5, 0.6) is 11.5 Å². The van der Waals surface area contributed by atoms with E-state index >= 15 is 0 Å². The summed E-state index contributed by atoms with van der Waals surface area (Å²) in [6.45, 7) is 4.38. The van der Waals surface area contributed by atoms with Gasteiger partial charge in [0.15, 0.2) is 11.5 Å². The van der Waals surface area contributed by atoms with Crippen LogP contribution in [0.4, 0.5) is 0 Å². The zero-order valence-corrected chi connectivity index (χ0v) is 10.9. The van der Waals surface area contributed by atoms with Crippen molar-refractivity contribution in [1.29, 1.82) is 0 Å². The summed E-state index contributed by atoms with van der Waals surface area (Å²) in [6.07, 6.45) is 0.997. The second-order valence-electron chi connectivity index (χ2n) is 4.44. The lowest BCUT2D eigenvalue weighted by atomic mass is 10.1. The molecule has 1 N–H and O–H groups in total. The van der Waals surface area contributed by atoms with Gasteiger partial charge < -0.3 is 19.3 Å². The van der Waals surface area contributed by atoms with E-state index in [1.807, 2.05) is 6.92 Å². The molecule has 1 fully saturated rings. The average Bonchev–Trinajstić information content (AvgIpc) is 2.90. The fourth-order valence-electron chi connectivity index (χ4n) is 1.95. The number of rotatable bonds is 6. The van der Waals surface area contributed by atoms with E-state index in [1.54, 1.807) is 6.07 Å². The summed E-state index contributed by atoms with van der Waals surface area (Å²) in [5.74, 6) is 0.477. The number of carboxylic acid groups (broad SMARTS) is 1. The zero-order chi connectivity index (χ0) is 13.7. The zero-order valence-electron chi connectivity index (χ0n) is 10.9. The van der Waals surface area contributed by atoms with Gasteiger partial charge in [0.05, 0.1) is 25.4 Å². The molecule has 19 heavy (non-hydrogen) atoms. The molecule has 1 saturated heterocycles. The highest BCUT2D eigenvalue weighted by Gasteiger charge is 2.17. The molecule has 5 heteroatoms. The van der Waals surface area contributed by atoms with E-state index in [0.717, 1.165) is 19.6 Å². The molecule has 0 bridgehead atoms. The highest BCUT2D eigenvalue weighted by atomic mass is 16.5. The molecule has 1 unspecified atom stereocenters. The van der Waals surface area contributed by atoms with Crippen molar-refractivity contribution in [3.05, 3.63) is 23.8 Å². The van der Waals surface area contributed by atoms with Crippen LogP contribution < -0.4 is 9.47 Å². The Morgan fingerprint density at radius 2 is 2.26 bits per heavy atom. The molecule has 1 aromatic carbocycles. The Balaban J connectivity index is 2.06. The highest BCUT2D eigenvalue weighted by molar-refractivity contribution is 5.88. The van der Waals surface area contributed by atoms with Crippen molar-refractivity contribution >= 4 is 5.97 Å². The monoisotopic (exact) mass is 266 g/mol. The van der Waals surface area contributed by atoms with Crippen LogP contribution in [0.3, 0.4) is 0 Å². The minimum absolute atomic E-state index is 0.194. The molecule has 0 aromatic heterocycles. The fraction of sp³-hybridized carbons (Fsp3) is 0.500. The number of aromatic carboxylic acids is 1. The van der Waals surface area contributed by atoms with Gasteiger partial charge in [0.1, 0.15) is 0 Å². The highest BCUT2D eigenvalue weighted by Crippen LogP contribution is 2.29. The van der Waals surface area contributed by atoms with E-state index in [1.165, 1.54) is 12.1 Å². The molecular formula is C14H18O5. The maximum atomic E-state index is 10.9. The Labute approximate surface area is 112 Å². The van der Waals surface area contributed by atoms with Crippen molar-refractivity contribution in [1.82, 2.24) is 0 Å². The molecule has 1 aromatic rings. The third-order valence-corrected chi connectivity index (χ3v) is 2.99. The molecule has 5 nitrogen and oxygen atoms in total. The normalized spacial score (nSPS) is 18.3. The Bertz CT molecular complexity index is 437. The van der Waals surface area contributed by atoms with E-state index in [4.69, 9.17) is 19.3 Å². The van der Waals surface area contributed by atoms with Gasteiger partial charge in [-0.15, -0.1) is 0 Å². The SMILES string of the molecule is CCOc1cc(C(=O)O)ccc1OCC1CCOC1. The summed E-state index contributed by atoms with van der Waals surface area (Å²) in [4.78, 5) is 10.9. The van der Waals surface area contributed by atoms with Crippen LogP contribution in [0, 0.1) is 5.92 Å². The number of hydrogen-bond acceptors (Lipinski definition) is 4. The molecular weight excluding hydrogens is 248 g/mol. The molecule has 0 aliphatic carbocycles. The smallest absolute Gasteiger partial charge is 0.335 e. The largest absolute Gasteiger partial charge is 0.490 e. The lowest BCUT2D eigenvalue weighted by Gasteiger charge is -2.14. The standard InChI is InChI=1S/C14H18O5/c1-2-18-13-7-11(14(15)16)3-4-12(13)19-9-10-5-6-17-8-10/h3-4,7,10H,2,5-6,8-9H2,1H3,(H,15,16). The van der Waals surface area contributed by atoms with Gasteiger partial charge in [-0.25, -0.2) is 4.79 Å². The summed E-state index contributed by atoms with van der Waals surface area (Å²) in [7, 11) is 0. The Hall–Kier alpha value is -1.75. The van der Waals surface area contributed by atoms with Crippen LogP contribution in [0.25, 0.3) is 0 Å². The van der Waals surface area contributed by atoms with Crippen molar-refractivity contribution < 1.29 is 24.1 Å². The number of carbonyl (C=O) groups is 1. The third-order valence-electron chi connectivity index (χ3n) is 2.99. The van der Waals surface area contributed by atoms with E-state index < -0.39 is 5.97 Å². The van der Waals surface area contributed by atoms with Crippen LogP contribution in [-0.2, 0) is 4.74 Å². The molecule has 104 valence electrons. The molecule has 1 aliphatic rings. The van der Waals surface area contributed by atoms with Gasteiger partial charge in [0, 0.05) is 12.5 Å². The predicted molar refractivity (Wildman–Crippen MR) is 69.0 cm³/mol. The first-order valence-electron chi connectivity index (χ1n) is 6.41. The first kappa shape index (κ1) is 13.7. The molecule has 0 spiro atoms. The molecule has 1 aliphatic heterocycles. The van der Waals surface area contributed by atoms with Gasteiger partial charge in [0.2, 0.25) is 0 Å². The first-order chi connectivity index (χ1) is 9.20. The van der Waals surface area contributed by atoms with Gasteiger partial charge in [-0.3, -0.25) is 0 Å². The van der Waals surface area contributed by atoms with Crippen LogP contribution in [0.1, 0.15) is 23.7 Å². The fourth-order valence-corrected chi connectivity index (χ4v) is 1.95. The predicted octanol–water partition coefficient (Wildman–Crippen LogP) is 2.20. The maximum absolute atomic E-state index is 10.9. The van der Waals surface area contributed by atoms with Crippen molar-refractivity contribution in [2.45, 2.75) is 13.3 Å². The number of hydrogen-bond donors (Lipinski definition) is 1. The Morgan fingerprint density at radius 3 is 2.89 bits per heavy atom. The van der Waals surface area contributed by atoms with Gasteiger partial charge in [-0.05, 0) is 31.5 Å². The van der Waals surface area contributed by atoms with Crippen LogP contribution in [-0.4, -0.2) is 37.5 Å². The first-order valence-corrected chi connectivity index (χ1v) is 6.41. The topological polar surface area (TPSA) is 65.0 Å². The Morgan fingerprint density at radius 1 is 1.42 bits per heavy atom. The summed E-state index contributed by atoms with van der Waals surface area (Å²) >= 11 is 0. The lowest BCUT2D eigenvalue weighted by molar-refractivity contribution is 0.0696. The minimum atomic E-state index is -0.975. The van der Waals surface area contributed by atoms with E-state index in [9.17, 15) is 4.79 Å². The van der Waals surface area contributed by atoms with Crippen molar-refractivity contribution in [3.63, 3.8) is 0 Å². The van der Waals surface area contributed by atoms with Crippen LogP contribution in [0.2, 0.25) is 0 Å². The van der Waals surface area contributed by atoms with Gasteiger partial charge in [-0.2, -0.15) is 0 Å². The molecule has 0 radical (unpaired) electrons. The van der Waals surface area contributed by atoms with E-state index in [-0.39, 0.29) is 5.56 Å². The van der Waals surface area contributed by atoms with Crippen molar-refractivity contribution in [3.8, 4) is 11.5 Å². The number of benzene rings is 1. The van der Waals surface area contributed by atoms with Crippen molar-refractivity contribution in [2.24, 2.45) is 5.92 Å². The molecule has 1 atom stereocenters. The summed E-state index contributed by atoms with van der Waals surface area (Å²) in [5.41, 5.74) is 0.194. The number of ether oxygens (including phenoxy) is 3. The summed E-state index contributed by atoms with van der Waals surface area (Å²) in [5, 5.41) is 8.96. The van der Waals surface area contributed by atoms with E-state index in [2.05, 4.69) is 0 Å². The lowest BCUT2D eigenvalue weighted by Crippen LogP contribution is -2.12. The number of carboxylic acids is 1. The van der Waals surface area contributed by atoms with Gasteiger partial charge in [0.25, 0.3) is 0 Å². The maximum Gasteiger partial charge on any atom is 0.335 e. The second-order valence-corrected chi connectivity index (χ2v) is 4.44. The Kier molecular flexibility index (Phi) is 4.63. The average molecular weight is 266 g/mol. The summed E-state index contributed by atoms with van der Waals surface area (Å²) < 4.78 is 16.4. The van der Waals surface area contributed by atoms with Crippen LogP contribution in [0.15, 0.2) is 18.2 Å². The van der Waals surface area contributed by atoms with E-state index in [0.29, 0.717) is 30.6 Å². The molecule has 0 amide bonds. The molecule has 0 saturated carbocycles. The quantitative estimate of drug-likeness (QED) is 0.855. The summed E-state index contributed by atoms with van der Waals surface area (Å²) in [6, 6.07) is 4.65. The van der Waals surface area contributed by atoms with Gasteiger partial charge in [-0.1, -0.05) is 0 Å². The minimum Gasteiger partial charge on any atom is -0.490 e. The molecule has 2 rings (SSSR count). The third kappa shape index (κ3) is 3.61. The van der Waals surface area contributed by atoms with Gasteiger partial charge >= 0.3 is 5.97 Å². The molecule has 1 heterocycles. The van der Waals surface area contributed by atoms with Crippen molar-refractivity contribution in [2.75, 3.05) is 26.4 Å². The van der Waals surface area contributed by atoms with Crippen LogP contribution >= 0.6 is 0 Å². The second kappa shape index (κ2) is 6.43.